The van der Waals surface area contributed by atoms with Gasteiger partial charge in [-0.05, 0) is 48.4 Å². The summed E-state index contributed by atoms with van der Waals surface area (Å²) in [4.78, 5) is -0.465. The number of nitrogen functional groups attached to an aromatic ring is 1. The normalized spacial score (nSPS) is 11.4. The number of nitrogens with one attached hydrogen (secondary N) is 1. The maximum atomic E-state index is 13.7. The van der Waals surface area contributed by atoms with Crippen molar-refractivity contribution < 1.29 is 12.8 Å². The minimum Gasteiger partial charge on any atom is -0.399 e. The molecule has 2 aromatic rings. The van der Waals surface area contributed by atoms with Gasteiger partial charge < -0.3 is 5.73 Å². The standard InChI is InChI=1S/C14H14BrFN2O2S/c1-2-9-7-10(15)3-6-13(9)18-21(19,20)14-8-11(17)4-5-12(14)16/h3-8,18H,2,17H2,1H3. The summed E-state index contributed by atoms with van der Waals surface area (Å²) in [5, 5.41) is 0. The molecule has 0 amide bonds. The second-order valence-corrected chi connectivity index (χ2v) is 7.02. The predicted molar refractivity (Wildman–Crippen MR) is 85.1 cm³/mol. The van der Waals surface area contributed by atoms with Crippen LogP contribution < -0.4 is 10.5 Å². The molecule has 0 aliphatic heterocycles. The van der Waals surface area contributed by atoms with Crippen LogP contribution in [-0.4, -0.2) is 8.42 Å². The zero-order chi connectivity index (χ0) is 15.6. The minimum atomic E-state index is -4.03. The third kappa shape index (κ3) is 3.54. The smallest absolute Gasteiger partial charge is 0.264 e. The number of nitrogens with two attached hydrogens (primary N) is 1. The lowest BCUT2D eigenvalue weighted by atomic mass is 10.1. The highest BCUT2D eigenvalue weighted by Crippen LogP contribution is 2.26. The molecule has 0 spiro atoms. The first-order valence-corrected chi connectivity index (χ1v) is 8.47. The molecule has 0 radical (unpaired) electrons. The Hall–Kier alpha value is -1.60. The van der Waals surface area contributed by atoms with Crippen molar-refractivity contribution in [2.45, 2.75) is 18.2 Å². The number of aryl methyl sites for hydroxylation is 1. The predicted octanol–water partition coefficient (Wildman–Crippen LogP) is 3.53. The Kier molecular flexibility index (Phi) is 4.53. The van der Waals surface area contributed by atoms with E-state index in [1.54, 1.807) is 12.1 Å². The fourth-order valence-electron chi connectivity index (χ4n) is 1.88. The fraction of sp³-hybridized carbons (Fsp3) is 0.143. The first-order valence-electron chi connectivity index (χ1n) is 6.19. The van der Waals surface area contributed by atoms with Gasteiger partial charge in [0.2, 0.25) is 0 Å². The van der Waals surface area contributed by atoms with Crippen LogP contribution in [0.25, 0.3) is 0 Å². The van der Waals surface area contributed by atoms with Gasteiger partial charge in [-0.3, -0.25) is 4.72 Å². The summed E-state index contributed by atoms with van der Waals surface area (Å²) >= 11 is 3.33. The Labute approximate surface area is 131 Å². The first-order chi connectivity index (χ1) is 9.83. The van der Waals surface area contributed by atoms with E-state index in [0.29, 0.717) is 12.1 Å². The average molecular weight is 373 g/mol. The molecule has 3 N–H and O–H groups in total. The Bertz CT molecular complexity index is 779. The molecule has 0 aliphatic carbocycles. The van der Waals surface area contributed by atoms with Crippen LogP contribution >= 0.6 is 15.9 Å². The Morgan fingerprint density at radius 2 is 1.95 bits per heavy atom. The number of hydrogen-bond donors (Lipinski definition) is 2. The van der Waals surface area contributed by atoms with E-state index in [2.05, 4.69) is 20.7 Å². The second-order valence-electron chi connectivity index (χ2n) is 4.45. The lowest BCUT2D eigenvalue weighted by Crippen LogP contribution is -2.16. The van der Waals surface area contributed by atoms with Crippen molar-refractivity contribution in [2.24, 2.45) is 0 Å². The molecule has 112 valence electrons. The molecule has 0 unspecified atom stereocenters. The monoisotopic (exact) mass is 372 g/mol. The van der Waals surface area contributed by atoms with Crippen molar-refractivity contribution in [3.8, 4) is 0 Å². The highest BCUT2D eigenvalue weighted by molar-refractivity contribution is 9.10. The highest BCUT2D eigenvalue weighted by atomic mass is 79.9. The van der Waals surface area contributed by atoms with Crippen LogP contribution in [0.15, 0.2) is 45.8 Å². The second kappa shape index (κ2) is 6.03. The van der Waals surface area contributed by atoms with Gasteiger partial charge in [0.05, 0.1) is 5.69 Å². The van der Waals surface area contributed by atoms with Crippen LogP contribution in [-0.2, 0) is 16.4 Å². The van der Waals surface area contributed by atoms with Crippen LogP contribution in [0.5, 0.6) is 0 Å². The molecule has 4 nitrogen and oxygen atoms in total. The fourth-order valence-corrected chi connectivity index (χ4v) is 3.50. The van der Waals surface area contributed by atoms with Crippen molar-refractivity contribution in [3.05, 3.63) is 52.3 Å². The van der Waals surface area contributed by atoms with Crippen molar-refractivity contribution >= 4 is 37.3 Å². The van der Waals surface area contributed by atoms with Crippen molar-refractivity contribution in [1.82, 2.24) is 0 Å². The number of sulfonamides is 1. The van der Waals surface area contributed by atoms with Crippen LogP contribution in [0.2, 0.25) is 0 Å². The minimum absolute atomic E-state index is 0.184. The third-order valence-electron chi connectivity index (χ3n) is 2.94. The summed E-state index contributed by atoms with van der Waals surface area (Å²) in [5.74, 6) is -0.841. The zero-order valence-electron chi connectivity index (χ0n) is 11.2. The molecule has 0 saturated heterocycles. The van der Waals surface area contributed by atoms with Crippen molar-refractivity contribution in [3.63, 3.8) is 0 Å². The lowest BCUT2D eigenvalue weighted by molar-refractivity contribution is 0.570. The largest absolute Gasteiger partial charge is 0.399 e. The number of benzene rings is 2. The molecule has 2 rings (SSSR count). The Morgan fingerprint density at radius 3 is 2.62 bits per heavy atom. The third-order valence-corrected chi connectivity index (χ3v) is 4.81. The molecule has 0 heterocycles. The zero-order valence-corrected chi connectivity index (χ0v) is 13.6. The van der Waals surface area contributed by atoms with Gasteiger partial charge in [0, 0.05) is 10.2 Å². The van der Waals surface area contributed by atoms with E-state index in [1.807, 2.05) is 13.0 Å². The van der Waals surface area contributed by atoms with Gasteiger partial charge in [0.25, 0.3) is 10.0 Å². The van der Waals surface area contributed by atoms with Gasteiger partial charge in [0.1, 0.15) is 10.7 Å². The van der Waals surface area contributed by atoms with E-state index in [0.717, 1.165) is 22.2 Å². The number of hydrogen-bond acceptors (Lipinski definition) is 3. The first kappa shape index (κ1) is 15.8. The molecule has 0 atom stereocenters. The van der Waals surface area contributed by atoms with E-state index >= 15 is 0 Å². The summed E-state index contributed by atoms with van der Waals surface area (Å²) < 4.78 is 41.6. The summed E-state index contributed by atoms with van der Waals surface area (Å²) in [6.45, 7) is 1.90. The molecule has 0 aromatic heterocycles. The van der Waals surface area contributed by atoms with Gasteiger partial charge in [-0.25, -0.2) is 12.8 Å². The number of anilines is 2. The van der Waals surface area contributed by atoms with E-state index < -0.39 is 20.7 Å². The SMILES string of the molecule is CCc1cc(Br)ccc1NS(=O)(=O)c1cc(N)ccc1F. The van der Waals surface area contributed by atoms with E-state index in [9.17, 15) is 12.8 Å². The molecule has 0 fully saturated rings. The van der Waals surface area contributed by atoms with Crippen LogP contribution in [0, 0.1) is 5.82 Å². The summed E-state index contributed by atoms with van der Waals surface area (Å²) in [6.07, 6.45) is 0.636. The molecule has 0 aliphatic rings. The van der Waals surface area contributed by atoms with Gasteiger partial charge in [-0.1, -0.05) is 22.9 Å². The summed E-state index contributed by atoms with van der Waals surface area (Å²) in [7, 11) is -4.03. The van der Waals surface area contributed by atoms with Crippen molar-refractivity contribution in [1.29, 1.82) is 0 Å². The van der Waals surface area contributed by atoms with Gasteiger partial charge >= 0.3 is 0 Å². The van der Waals surface area contributed by atoms with Crippen LogP contribution in [0.3, 0.4) is 0 Å². The lowest BCUT2D eigenvalue weighted by Gasteiger charge is -2.13. The number of halogens is 2. The van der Waals surface area contributed by atoms with Gasteiger partial charge in [-0.15, -0.1) is 0 Å². The van der Waals surface area contributed by atoms with E-state index in [4.69, 9.17) is 5.73 Å². The van der Waals surface area contributed by atoms with Gasteiger partial charge in [-0.2, -0.15) is 0 Å². The highest BCUT2D eigenvalue weighted by Gasteiger charge is 2.20. The maximum Gasteiger partial charge on any atom is 0.264 e. The van der Waals surface area contributed by atoms with Gasteiger partial charge in [0.15, 0.2) is 0 Å². The molecule has 2 aromatic carbocycles. The molecule has 0 saturated carbocycles. The summed E-state index contributed by atoms with van der Waals surface area (Å²) in [6, 6.07) is 8.60. The number of rotatable bonds is 4. The van der Waals surface area contributed by atoms with Crippen molar-refractivity contribution in [2.75, 3.05) is 10.5 Å². The Balaban J connectivity index is 2.45. The molecule has 0 bridgehead atoms. The molecular formula is C14H14BrFN2O2S. The summed E-state index contributed by atoms with van der Waals surface area (Å²) in [5.41, 5.74) is 6.93. The molecule has 7 heteroatoms. The maximum absolute atomic E-state index is 13.7. The Morgan fingerprint density at radius 1 is 1.24 bits per heavy atom. The van der Waals surface area contributed by atoms with Crippen LogP contribution in [0.4, 0.5) is 15.8 Å². The molecule has 21 heavy (non-hydrogen) atoms. The van der Waals surface area contributed by atoms with E-state index in [-0.39, 0.29) is 5.69 Å². The quantitative estimate of drug-likeness (QED) is 0.806. The molecular weight excluding hydrogens is 359 g/mol. The van der Waals surface area contributed by atoms with Crippen LogP contribution in [0.1, 0.15) is 12.5 Å². The van der Waals surface area contributed by atoms with E-state index in [1.165, 1.54) is 6.07 Å². The average Bonchev–Trinajstić information content (AvgIpc) is 2.43. The topological polar surface area (TPSA) is 72.2 Å².